The SMILES string of the molecule is CCCCCc1ccc(NC(=O)C2=CN3CCS(=O)(=O)N=C3C=C2)cc1. The van der Waals surface area contributed by atoms with Crippen molar-refractivity contribution in [3.63, 3.8) is 0 Å². The van der Waals surface area contributed by atoms with Gasteiger partial charge in [-0.25, -0.2) is 8.42 Å². The van der Waals surface area contributed by atoms with E-state index in [0.717, 1.165) is 12.1 Å². The minimum absolute atomic E-state index is 0.0464. The summed E-state index contributed by atoms with van der Waals surface area (Å²) in [5, 5.41) is 2.87. The Hall–Kier alpha value is -2.41. The molecule has 0 atom stereocenters. The van der Waals surface area contributed by atoms with Gasteiger partial charge in [-0.3, -0.25) is 4.79 Å². The summed E-state index contributed by atoms with van der Waals surface area (Å²) in [7, 11) is -3.39. The summed E-state index contributed by atoms with van der Waals surface area (Å²) >= 11 is 0. The van der Waals surface area contributed by atoms with Gasteiger partial charge in [0.1, 0.15) is 5.84 Å². The van der Waals surface area contributed by atoms with Crippen LogP contribution in [0.4, 0.5) is 5.69 Å². The quantitative estimate of drug-likeness (QED) is 0.778. The molecule has 0 aliphatic carbocycles. The number of carbonyl (C=O) groups excluding carboxylic acids is 1. The Morgan fingerprint density at radius 1 is 1.19 bits per heavy atom. The predicted octanol–water partition coefficient (Wildman–Crippen LogP) is 2.86. The summed E-state index contributed by atoms with van der Waals surface area (Å²) in [5.41, 5.74) is 2.48. The van der Waals surface area contributed by atoms with E-state index in [1.165, 1.54) is 24.8 Å². The van der Waals surface area contributed by atoms with E-state index in [1.54, 1.807) is 23.3 Å². The molecule has 0 saturated heterocycles. The van der Waals surface area contributed by atoms with Gasteiger partial charge in [-0.15, -0.1) is 4.40 Å². The van der Waals surface area contributed by atoms with Gasteiger partial charge in [0.15, 0.2) is 0 Å². The molecule has 138 valence electrons. The summed E-state index contributed by atoms with van der Waals surface area (Å²) in [6.45, 7) is 2.49. The largest absolute Gasteiger partial charge is 0.330 e. The third-order valence-electron chi connectivity index (χ3n) is 4.37. The average molecular weight is 373 g/mol. The highest BCUT2D eigenvalue weighted by Gasteiger charge is 2.24. The lowest BCUT2D eigenvalue weighted by atomic mass is 10.1. The van der Waals surface area contributed by atoms with Gasteiger partial charge in [-0.1, -0.05) is 31.9 Å². The maximum Gasteiger partial charge on any atom is 0.257 e. The lowest BCUT2D eigenvalue weighted by molar-refractivity contribution is -0.112. The number of nitrogens with zero attached hydrogens (tertiary/aromatic N) is 2. The second kappa shape index (κ2) is 7.86. The maximum absolute atomic E-state index is 12.4. The number of carbonyl (C=O) groups is 1. The van der Waals surface area contributed by atoms with Crippen LogP contribution in [0.1, 0.15) is 31.7 Å². The number of sulfonamides is 1. The molecule has 0 bridgehead atoms. The summed E-state index contributed by atoms with van der Waals surface area (Å²) in [4.78, 5) is 14.1. The Kier molecular flexibility index (Phi) is 5.56. The molecule has 1 aromatic rings. The Bertz CT molecular complexity index is 868. The predicted molar refractivity (Wildman–Crippen MR) is 103 cm³/mol. The molecule has 1 aromatic carbocycles. The van der Waals surface area contributed by atoms with Crippen molar-refractivity contribution in [2.24, 2.45) is 4.40 Å². The van der Waals surface area contributed by atoms with E-state index in [0.29, 0.717) is 18.0 Å². The number of amides is 1. The van der Waals surface area contributed by atoms with E-state index in [2.05, 4.69) is 16.6 Å². The number of amidine groups is 1. The maximum atomic E-state index is 12.4. The fourth-order valence-electron chi connectivity index (χ4n) is 2.87. The van der Waals surface area contributed by atoms with Crippen LogP contribution < -0.4 is 5.32 Å². The number of hydrogen-bond acceptors (Lipinski definition) is 4. The van der Waals surface area contributed by atoms with Gasteiger partial charge >= 0.3 is 0 Å². The van der Waals surface area contributed by atoms with Gasteiger partial charge in [0.05, 0.1) is 11.3 Å². The molecule has 2 heterocycles. The molecule has 2 aliphatic heterocycles. The first-order valence-corrected chi connectivity index (χ1v) is 10.5. The standard InChI is InChI=1S/C19H23N3O3S/c1-2-3-4-5-15-6-9-17(10-7-15)20-19(23)16-8-11-18-21-26(24,25)13-12-22(18)14-16/h6-11,14H,2-5,12-13H2,1H3,(H,20,23). The summed E-state index contributed by atoms with van der Waals surface area (Å²) in [5.74, 6) is 0.0755. The van der Waals surface area contributed by atoms with Gasteiger partial charge in [-0.05, 0) is 42.7 Å². The third kappa shape index (κ3) is 4.60. The molecule has 0 unspecified atom stereocenters. The zero-order chi connectivity index (χ0) is 18.6. The number of aryl methyl sites for hydroxylation is 1. The van der Waals surface area contributed by atoms with Crippen molar-refractivity contribution < 1.29 is 13.2 Å². The lowest BCUT2D eigenvalue weighted by Gasteiger charge is -2.26. The molecular weight excluding hydrogens is 350 g/mol. The van der Waals surface area contributed by atoms with Crippen LogP contribution in [-0.4, -0.2) is 37.4 Å². The molecule has 1 amide bonds. The van der Waals surface area contributed by atoms with Crippen LogP contribution in [0, 0.1) is 0 Å². The normalized spacial score (nSPS) is 18.0. The molecule has 2 aliphatic rings. The van der Waals surface area contributed by atoms with E-state index < -0.39 is 10.0 Å². The molecule has 0 radical (unpaired) electrons. The first-order valence-electron chi connectivity index (χ1n) is 8.86. The smallest absolute Gasteiger partial charge is 0.257 e. The van der Waals surface area contributed by atoms with Crippen LogP contribution in [0.2, 0.25) is 0 Å². The molecule has 1 N–H and O–H groups in total. The first kappa shape index (κ1) is 18.4. The summed E-state index contributed by atoms with van der Waals surface area (Å²) < 4.78 is 26.8. The monoisotopic (exact) mass is 373 g/mol. The molecule has 0 saturated carbocycles. The molecule has 0 fully saturated rings. The van der Waals surface area contributed by atoms with Gasteiger partial charge in [0.25, 0.3) is 15.9 Å². The van der Waals surface area contributed by atoms with Crippen LogP contribution in [0.25, 0.3) is 0 Å². The van der Waals surface area contributed by atoms with E-state index in [4.69, 9.17) is 0 Å². The fourth-order valence-corrected chi connectivity index (χ4v) is 3.84. The topological polar surface area (TPSA) is 78.8 Å². The molecule has 26 heavy (non-hydrogen) atoms. The number of benzene rings is 1. The van der Waals surface area contributed by atoms with Crippen molar-refractivity contribution in [3.05, 3.63) is 53.8 Å². The van der Waals surface area contributed by atoms with Crippen molar-refractivity contribution in [3.8, 4) is 0 Å². The van der Waals surface area contributed by atoms with E-state index >= 15 is 0 Å². The molecule has 7 heteroatoms. The first-order chi connectivity index (χ1) is 12.5. The molecular formula is C19H23N3O3S. The molecule has 0 spiro atoms. The lowest BCUT2D eigenvalue weighted by Crippen LogP contribution is -2.37. The second-order valence-electron chi connectivity index (χ2n) is 6.45. The van der Waals surface area contributed by atoms with E-state index in [9.17, 15) is 13.2 Å². The van der Waals surface area contributed by atoms with Gasteiger partial charge in [0, 0.05) is 18.4 Å². The summed E-state index contributed by atoms with van der Waals surface area (Å²) in [6, 6.07) is 7.90. The zero-order valence-corrected chi connectivity index (χ0v) is 15.6. The minimum Gasteiger partial charge on any atom is -0.330 e. The van der Waals surface area contributed by atoms with Crippen LogP contribution in [0.3, 0.4) is 0 Å². The van der Waals surface area contributed by atoms with Crippen LogP contribution in [-0.2, 0) is 21.2 Å². The number of anilines is 1. The molecule has 0 aromatic heterocycles. The van der Waals surface area contributed by atoms with E-state index in [-0.39, 0.29) is 11.7 Å². The Balaban J connectivity index is 1.62. The average Bonchev–Trinajstić information content (AvgIpc) is 2.62. The zero-order valence-electron chi connectivity index (χ0n) is 14.8. The molecule has 6 nitrogen and oxygen atoms in total. The fraction of sp³-hybridized carbons (Fsp3) is 0.368. The second-order valence-corrected chi connectivity index (χ2v) is 8.21. The minimum atomic E-state index is -3.39. The number of nitrogens with one attached hydrogen (secondary N) is 1. The van der Waals surface area contributed by atoms with Gasteiger partial charge < -0.3 is 10.2 Å². The van der Waals surface area contributed by atoms with Crippen molar-refractivity contribution in [2.45, 2.75) is 32.6 Å². The third-order valence-corrected chi connectivity index (χ3v) is 5.53. The Labute approximate surface area is 154 Å². The van der Waals surface area contributed by atoms with Crippen molar-refractivity contribution in [2.75, 3.05) is 17.6 Å². The van der Waals surface area contributed by atoms with Crippen LogP contribution >= 0.6 is 0 Å². The van der Waals surface area contributed by atoms with Crippen molar-refractivity contribution in [1.82, 2.24) is 4.90 Å². The number of rotatable bonds is 6. The number of fused-ring (bicyclic) bond motifs is 1. The molecule has 3 rings (SSSR count). The van der Waals surface area contributed by atoms with E-state index in [1.807, 2.05) is 24.3 Å². The van der Waals surface area contributed by atoms with Crippen molar-refractivity contribution in [1.29, 1.82) is 0 Å². The van der Waals surface area contributed by atoms with Crippen LogP contribution in [0.5, 0.6) is 0 Å². The highest BCUT2D eigenvalue weighted by molar-refractivity contribution is 7.90. The Morgan fingerprint density at radius 2 is 1.96 bits per heavy atom. The Morgan fingerprint density at radius 3 is 2.69 bits per heavy atom. The van der Waals surface area contributed by atoms with Crippen molar-refractivity contribution >= 4 is 27.5 Å². The van der Waals surface area contributed by atoms with Gasteiger partial charge in [-0.2, -0.15) is 0 Å². The van der Waals surface area contributed by atoms with Gasteiger partial charge in [0.2, 0.25) is 0 Å². The highest BCUT2D eigenvalue weighted by atomic mass is 32.2. The highest BCUT2D eigenvalue weighted by Crippen LogP contribution is 2.18. The summed E-state index contributed by atoms with van der Waals surface area (Å²) in [6.07, 6.45) is 9.44. The number of unbranched alkanes of at least 4 members (excludes halogenated alkanes) is 2. The van der Waals surface area contributed by atoms with Crippen LogP contribution in [0.15, 0.2) is 52.6 Å². The number of hydrogen-bond donors (Lipinski definition) is 1.